The van der Waals surface area contributed by atoms with E-state index in [-0.39, 0.29) is 5.41 Å². The van der Waals surface area contributed by atoms with Crippen molar-refractivity contribution in [3.05, 3.63) is 95.6 Å². The Hall–Kier alpha value is -2.43. The van der Waals surface area contributed by atoms with Crippen molar-refractivity contribution >= 4 is 9.84 Å². The van der Waals surface area contributed by atoms with Gasteiger partial charge in [0.25, 0.3) is 0 Å². The second-order valence-electron chi connectivity index (χ2n) is 8.58. The van der Waals surface area contributed by atoms with Gasteiger partial charge in [-0.1, -0.05) is 75.4 Å². The number of rotatable bonds is 6. The van der Waals surface area contributed by atoms with Crippen molar-refractivity contribution < 1.29 is 8.42 Å². The van der Waals surface area contributed by atoms with Crippen LogP contribution in [0.4, 0.5) is 0 Å². The van der Waals surface area contributed by atoms with E-state index in [0.717, 1.165) is 12.1 Å². The van der Waals surface area contributed by atoms with Gasteiger partial charge in [-0.05, 0) is 53.4 Å². The summed E-state index contributed by atoms with van der Waals surface area (Å²) in [6.45, 7) is 8.12. The average molecular weight is 408 g/mol. The molecule has 29 heavy (non-hydrogen) atoms. The van der Waals surface area contributed by atoms with E-state index in [0.29, 0.717) is 16.3 Å². The predicted molar refractivity (Wildman–Crippen MR) is 119 cm³/mol. The van der Waals surface area contributed by atoms with Crippen LogP contribution in [-0.4, -0.2) is 20.4 Å². The van der Waals surface area contributed by atoms with Crippen LogP contribution in [0.25, 0.3) is 0 Å². The minimum Gasteiger partial charge on any atom is -0.298 e. The lowest BCUT2D eigenvalue weighted by Gasteiger charge is -2.21. The summed E-state index contributed by atoms with van der Waals surface area (Å²) < 4.78 is 25.7. The fraction of sp³-hybridized carbons (Fsp3) is 0.280. The van der Waals surface area contributed by atoms with Crippen molar-refractivity contribution in [2.24, 2.45) is 0 Å². The molecule has 0 unspecified atom stereocenters. The molecule has 0 atom stereocenters. The molecule has 0 aliphatic heterocycles. The maximum atomic E-state index is 12.9. The molecule has 0 spiro atoms. The summed E-state index contributed by atoms with van der Waals surface area (Å²) in [4.78, 5) is 2.86. The van der Waals surface area contributed by atoms with Gasteiger partial charge < -0.3 is 0 Å². The summed E-state index contributed by atoms with van der Waals surface area (Å²) in [6, 6.07) is 24.5. The van der Waals surface area contributed by atoms with Crippen LogP contribution in [0, 0.1) is 0 Å². The highest BCUT2D eigenvalue weighted by Crippen LogP contribution is 2.24. The van der Waals surface area contributed by atoms with E-state index >= 15 is 0 Å². The molecule has 3 nitrogen and oxygen atoms in total. The van der Waals surface area contributed by atoms with Gasteiger partial charge in [0.1, 0.15) is 0 Å². The third-order valence-corrected chi connectivity index (χ3v) is 6.75. The van der Waals surface area contributed by atoms with E-state index in [4.69, 9.17) is 0 Å². The van der Waals surface area contributed by atoms with Gasteiger partial charge in [-0.3, -0.25) is 4.90 Å². The van der Waals surface area contributed by atoms with Crippen molar-refractivity contribution in [3.8, 4) is 0 Å². The van der Waals surface area contributed by atoms with Crippen LogP contribution in [0.15, 0.2) is 88.7 Å². The second kappa shape index (κ2) is 8.52. The first-order chi connectivity index (χ1) is 13.7. The van der Waals surface area contributed by atoms with Gasteiger partial charge in [0.2, 0.25) is 9.84 Å². The highest BCUT2D eigenvalue weighted by atomic mass is 32.2. The molecule has 3 rings (SSSR count). The molecule has 4 heteroatoms. The molecule has 0 radical (unpaired) electrons. The van der Waals surface area contributed by atoms with Crippen molar-refractivity contribution in [2.45, 2.75) is 49.1 Å². The lowest BCUT2D eigenvalue weighted by molar-refractivity contribution is 0.319. The summed E-state index contributed by atoms with van der Waals surface area (Å²) in [6.07, 6.45) is 0. The molecule has 0 heterocycles. The highest BCUT2D eigenvalue weighted by Gasteiger charge is 2.18. The van der Waals surface area contributed by atoms with Crippen LogP contribution in [0.1, 0.15) is 37.5 Å². The zero-order chi connectivity index (χ0) is 21.1. The summed E-state index contributed by atoms with van der Waals surface area (Å²) in [5, 5.41) is 0. The molecule has 0 bridgehead atoms. The van der Waals surface area contributed by atoms with Crippen molar-refractivity contribution in [1.82, 2.24) is 4.90 Å². The quantitative estimate of drug-likeness (QED) is 0.545. The summed E-state index contributed by atoms with van der Waals surface area (Å²) in [5.41, 5.74) is 3.70. The molecule has 0 fully saturated rings. The molecular formula is C25H29NO2S. The molecule has 3 aromatic carbocycles. The molecule has 152 valence electrons. The zero-order valence-corrected chi connectivity index (χ0v) is 18.4. The first-order valence-corrected chi connectivity index (χ1v) is 11.3. The summed E-state index contributed by atoms with van der Waals surface area (Å²) in [7, 11) is -1.44. The van der Waals surface area contributed by atoms with Crippen LogP contribution in [0.3, 0.4) is 0 Å². The maximum Gasteiger partial charge on any atom is 0.206 e. The smallest absolute Gasteiger partial charge is 0.206 e. The standard InChI is InChI=1S/C25H29NO2S/c1-25(2,3)22-15-13-20(14-16-22)18-26(4)19-21-9-8-12-24(17-21)29(27,28)23-10-6-5-7-11-23/h5-17H,18-19H2,1-4H3. The fourth-order valence-electron chi connectivity index (χ4n) is 3.34. The molecule has 0 aliphatic rings. The Morgan fingerprint density at radius 1 is 0.724 bits per heavy atom. The first kappa shape index (κ1) is 21.3. The van der Waals surface area contributed by atoms with Crippen molar-refractivity contribution in [2.75, 3.05) is 7.05 Å². The van der Waals surface area contributed by atoms with E-state index < -0.39 is 9.84 Å². The van der Waals surface area contributed by atoms with Crippen LogP contribution >= 0.6 is 0 Å². The molecule has 0 aromatic heterocycles. The van der Waals surface area contributed by atoms with Gasteiger partial charge in [0, 0.05) is 13.1 Å². The van der Waals surface area contributed by atoms with E-state index in [9.17, 15) is 8.42 Å². The van der Waals surface area contributed by atoms with Crippen LogP contribution < -0.4 is 0 Å². The van der Waals surface area contributed by atoms with E-state index in [1.165, 1.54) is 11.1 Å². The molecule has 0 aliphatic carbocycles. The number of hydrogen-bond donors (Lipinski definition) is 0. The molecule has 0 amide bonds. The lowest BCUT2D eigenvalue weighted by Crippen LogP contribution is -2.18. The number of nitrogens with zero attached hydrogens (tertiary/aromatic N) is 1. The van der Waals surface area contributed by atoms with Gasteiger partial charge >= 0.3 is 0 Å². The van der Waals surface area contributed by atoms with Gasteiger partial charge in [0.05, 0.1) is 9.79 Å². The van der Waals surface area contributed by atoms with Crippen molar-refractivity contribution in [1.29, 1.82) is 0 Å². The minimum atomic E-state index is -3.49. The fourth-order valence-corrected chi connectivity index (χ4v) is 4.69. The van der Waals surface area contributed by atoms with Crippen LogP contribution in [0.5, 0.6) is 0 Å². The molecule has 0 saturated heterocycles. The Morgan fingerprint density at radius 3 is 1.93 bits per heavy atom. The van der Waals surface area contributed by atoms with E-state index in [1.54, 1.807) is 36.4 Å². The van der Waals surface area contributed by atoms with Crippen LogP contribution in [-0.2, 0) is 28.3 Å². The largest absolute Gasteiger partial charge is 0.298 e. The van der Waals surface area contributed by atoms with Gasteiger partial charge in [-0.2, -0.15) is 0 Å². The Kier molecular flexibility index (Phi) is 6.25. The molecule has 0 N–H and O–H groups in total. The van der Waals surface area contributed by atoms with E-state index in [2.05, 4.69) is 57.0 Å². The number of benzene rings is 3. The topological polar surface area (TPSA) is 37.4 Å². The highest BCUT2D eigenvalue weighted by molar-refractivity contribution is 7.91. The van der Waals surface area contributed by atoms with Gasteiger partial charge in [-0.15, -0.1) is 0 Å². The Morgan fingerprint density at radius 2 is 1.31 bits per heavy atom. The summed E-state index contributed by atoms with van der Waals surface area (Å²) in [5.74, 6) is 0. The predicted octanol–water partition coefficient (Wildman–Crippen LogP) is 5.45. The number of sulfone groups is 1. The summed E-state index contributed by atoms with van der Waals surface area (Å²) >= 11 is 0. The third-order valence-electron chi connectivity index (χ3n) is 4.99. The zero-order valence-electron chi connectivity index (χ0n) is 17.6. The van der Waals surface area contributed by atoms with Gasteiger partial charge in [-0.25, -0.2) is 8.42 Å². The number of hydrogen-bond acceptors (Lipinski definition) is 3. The average Bonchev–Trinajstić information content (AvgIpc) is 2.68. The molecule has 3 aromatic rings. The Labute approximate surface area is 174 Å². The normalized spacial score (nSPS) is 12.3. The SMILES string of the molecule is CN(Cc1ccc(C(C)(C)C)cc1)Cc1cccc(S(=O)(=O)c2ccccc2)c1. The maximum absolute atomic E-state index is 12.9. The second-order valence-corrected chi connectivity index (χ2v) is 10.5. The lowest BCUT2D eigenvalue weighted by atomic mass is 9.87. The third kappa shape index (κ3) is 5.34. The minimum absolute atomic E-state index is 0.148. The molecular weight excluding hydrogens is 378 g/mol. The Balaban J connectivity index is 1.72. The first-order valence-electron chi connectivity index (χ1n) is 9.83. The van der Waals surface area contributed by atoms with Gasteiger partial charge in [0.15, 0.2) is 0 Å². The van der Waals surface area contributed by atoms with Crippen LogP contribution in [0.2, 0.25) is 0 Å². The Bertz CT molecular complexity index is 1050. The van der Waals surface area contributed by atoms with E-state index in [1.807, 2.05) is 18.2 Å². The monoisotopic (exact) mass is 407 g/mol. The molecule has 0 saturated carbocycles. The van der Waals surface area contributed by atoms with Crippen molar-refractivity contribution in [3.63, 3.8) is 0 Å².